The largest absolute Gasteiger partial charge is 0.488 e. The zero-order valence-electron chi connectivity index (χ0n) is 10.4. The summed E-state index contributed by atoms with van der Waals surface area (Å²) in [5.74, 6) is 1.16. The lowest BCUT2D eigenvalue weighted by molar-refractivity contribution is -0.130. The minimum Gasteiger partial charge on any atom is -0.488 e. The van der Waals surface area contributed by atoms with E-state index in [1.165, 1.54) is 5.56 Å². The van der Waals surface area contributed by atoms with Gasteiger partial charge in [0.25, 0.3) is 0 Å². The Morgan fingerprint density at radius 2 is 2.28 bits per heavy atom. The third-order valence-electron chi connectivity index (χ3n) is 3.55. The molecular weight excluding hydrogens is 228 g/mol. The second-order valence-corrected chi connectivity index (χ2v) is 4.92. The number of fused-ring (bicyclic) bond motifs is 1. The lowest BCUT2D eigenvalue weighted by atomic mass is 10.1. The van der Waals surface area contributed by atoms with Gasteiger partial charge in [-0.15, -0.1) is 0 Å². The van der Waals surface area contributed by atoms with Crippen LogP contribution in [0.1, 0.15) is 12.0 Å². The van der Waals surface area contributed by atoms with Crippen LogP contribution in [0.2, 0.25) is 0 Å². The van der Waals surface area contributed by atoms with Gasteiger partial charge in [-0.05, 0) is 24.6 Å². The molecule has 1 aromatic rings. The molecule has 0 saturated carbocycles. The minimum atomic E-state index is 0.115. The van der Waals surface area contributed by atoms with Gasteiger partial charge in [0.15, 0.2) is 0 Å². The maximum absolute atomic E-state index is 11.9. The third kappa shape index (κ3) is 2.34. The molecule has 96 valence electrons. The molecule has 0 bridgehead atoms. The fraction of sp³-hybridized carbons (Fsp3) is 0.500. The van der Waals surface area contributed by atoms with E-state index in [0.29, 0.717) is 13.1 Å². The smallest absolute Gasteiger partial charge is 0.236 e. The Morgan fingerprint density at radius 3 is 3.17 bits per heavy atom. The van der Waals surface area contributed by atoms with E-state index in [0.717, 1.165) is 31.7 Å². The summed E-state index contributed by atoms with van der Waals surface area (Å²) in [6.45, 7) is 2.92. The maximum atomic E-state index is 11.9. The number of benzene rings is 1. The Bertz CT molecular complexity index is 422. The van der Waals surface area contributed by atoms with E-state index < -0.39 is 0 Å². The average molecular weight is 246 g/mol. The van der Waals surface area contributed by atoms with Gasteiger partial charge in [0.1, 0.15) is 11.9 Å². The first-order valence-electron chi connectivity index (χ1n) is 6.56. The molecule has 0 radical (unpaired) electrons. The van der Waals surface area contributed by atoms with Gasteiger partial charge in [0, 0.05) is 13.0 Å². The van der Waals surface area contributed by atoms with Crippen LogP contribution in [0, 0.1) is 0 Å². The van der Waals surface area contributed by atoms with Crippen molar-refractivity contribution in [2.45, 2.75) is 18.9 Å². The Morgan fingerprint density at radius 1 is 1.39 bits per heavy atom. The summed E-state index contributed by atoms with van der Waals surface area (Å²) in [5, 5.41) is 3.14. The molecule has 18 heavy (non-hydrogen) atoms. The van der Waals surface area contributed by atoms with Crippen molar-refractivity contribution in [1.82, 2.24) is 10.2 Å². The molecule has 4 nitrogen and oxygen atoms in total. The van der Waals surface area contributed by atoms with Crippen LogP contribution in [-0.2, 0) is 11.2 Å². The molecule has 1 amide bonds. The Hall–Kier alpha value is -1.55. The number of amides is 1. The normalized spacial score (nSPS) is 23.4. The predicted molar refractivity (Wildman–Crippen MR) is 68.6 cm³/mol. The quantitative estimate of drug-likeness (QED) is 0.839. The molecule has 0 spiro atoms. The van der Waals surface area contributed by atoms with Gasteiger partial charge in [-0.1, -0.05) is 18.2 Å². The van der Waals surface area contributed by atoms with Gasteiger partial charge >= 0.3 is 0 Å². The first-order valence-corrected chi connectivity index (χ1v) is 6.56. The van der Waals surface area contributed by atoms with Crippen LogP contribution < -0.4 is 10.1 Å². The standard InChI is InChI=1S/C14H18N2O2/c17-14-9-15-6-3-7-16(14)10-12-8-11-4-1-2-5-13(11)18-12/h1-2,4-5,12,15H,3,6-10H2. The number of ether oxygens (including phenoxy) is 1. The van der Waals surface area contributed by atoms with Crippen LogP contribution in [0.15, 0.2) is 24.3 Å². The van der Waals surface area contributed by atoms with Gasteiger partial charge in [-0.3, -0.25) is 4.79 Å². The molecule has 2 aliphatic heterocycles. The molecule has 2 heterocycles. The van der Waals surface area contributed by atoms with Crippen molar-refractivity contribution in [3.8, 4) is 5.75 Å². The van der Waals surface area contributed by atoms with Gasteiger partial charge in [-0.25, -0.2) is 0 Å². The molecule has 1 saturated heterocycles. The van der Waals surface area contributed by atoms with E-state index in [4.69, 9.17) is 4.74 Å². The van der Waals surface area contributed by atoms with Crippen molar-refractivity contribution in [2.24, 2.45) is 0 Å². The predicted octanol–water partition coefficient (Wildman–Crippen LogP) is 0.812. The molecule has 1 aromatic carbocycles. The second-order valence-electron chi connectivity index (χ2n) is 4.92. The van der Waals surface area contributed by atoms with E-state index >= 15 is 0 Å². The number of nitrogens with one attached hydrogen (secondary N) is 1. The lowest BCUT2D eigenvalue weighted by Crippen LogP contribution is -2.41. The van der Waals surface area contributed by atoms with Crippen LogP contribution in [-0.4, -0.2) is 43.1 Å². The highest BCUT2D eigenvalue weighted by Crippen LogP contribution is 2.28. The van der Waals surface area contributed by atoms with Gasteiger partial charge < -0.3 is 15.0 Å². The number of nitrogens with zero attached hydrogens (tertiary/aromatic N) is 1. The number of carbonyl (C=O) groups excluding carboxylic acids is 1. The summed E-state index contributed by atoms with van der Waals surface area (Å²) in [4.78, 5) is 13.8. The SMILES string of the molecule is O=C1CNCCCN1CC1Cc2ccccc2O1. The highest BCUT2D eigenvalue weighted by Gasteiger charge is 2.26. The van der Waals surface area contributed by atoms with Crippen molar-refractivity contribution in [2.75, 3.05) is 26.2 Å². The molecule has 0 aromatic heterocycles. The Kier molecular flexibility index (Phi) is 3.19. The molecule has 3 rings (SSSR count). The molecule has 4 heteroatoms. The van der Waals surface area contributed by atoms with Crippen LogP contribution in [0.3, 0.4) is 0 Å². The molecule has 2 aliphatic rings. The molecule has 1 unspecified atom stereocenters. The highest BCUT2D eigenvalue weighted by molar-refractivity contribution is 5.78. The van der Waals surface area contributed by atoms with E-state index in [9.17, 15) is 4.79 Å². The fourth-order valence-electron chi connectivity index (χ4n) is 2.62. The Labute approximate surface area is 107 Å². The summed E-state index contributed by atoms with van der Waals surface area (Å²) >= 11 is 0. The van der Waals surface area contributed by atoms with Gasteiger partial charge in [0.2, 0.25) is 5.91 Å². The van der Waals surface area contributed by atoms with Crippen molar-refractivity contribution in [3.05, 3.63) is 29.8 Å². The summed E-state index contributed by atoms with van der Waals surface area (Å²) in [6, 6.07) is 8.12. The molecule has 1 N–H and O–H groups in total. The molecular formula is C14H18N2O2. The zero-order valence-corrected chi connectivity index (χ0v) is 10.4. The zero-order chi connectivity index (χ0) is 12.4. The summed E-state index contributed by atoms with van der Waals surface area (Å²) in [7, 11) is 0. The van der Waals surface area contributed by atoms with Crippen molar-refractivity contribution < 1.29 is 9.53 Å². The van der Waals surface area contributed by atoms with Crippen LogP contribution in [0.4, 0.5) is 0 Å². The number of rotatable bonds is 2. The number of hydrogen-bond donors (Lipinski definition) is 1. The van der Waals surface area contributed by atoms with Gasteiger partial charge in [0.05, 0.1) is 13.1 Å². The average Bonchev–Trinajstić information content (AvgIpc) is 2.68. The second kappa shape index (κ2) is 4.98. The van der Waals surface area contributed by atoms with E-state index in [1.807, 2.05) is 23.1 Å². The summed E-state index contributed by atoms with van der Waals surface area (Å²) < 4.78 is 5.88. The third-order valence-corrected chi connectivity index (χ3v) is 3.55. The fourth-order valence-corrected chi connectivity index (χ4v) is 2.62. The minimum absolute atomic E-state index is 0.115. The molecule has 1 fully saturated rings. The first-order chi connectivity index (χ1) is 8.83. The van der Waals surface area contributed by atoms with Crippen LogP contribution >= 0.6 is 0 Å². The highest BCUT2D eigenvalue weighted by atomic mass is 16.5. The van der Waals surface area contributed by atoms with Crippen molar-refractivity contribution in [3.63, 3.8) is 0 Å². The molecule has 1 atom stereocenters. The molecule has 0 aliphatic carbocycles. The summed E-state index contributed by atoms with van der Waals surface area (Å²) in [5.41, 5.74) is 1.25. The van der Waals surface area contributed by atoms with Crippen LogP contribution in [0.25, 0.3) is 0 Å². The van der Waals surface area contributed by atoms with Crippen molar-refractivity contribution in [1.29, 1.82) is 0 Å². The number of para-hydroxylation sites is 1. The topological polar surface area (TPSA) is 41.6 Å². The van der Waals surface area contributed by atoms with E-state index in [2.05, 4.69) is 11.4 Å². The summed E-state index contributed by atoms with van der Waals surface area (Å²) in [6.07, 6.45) is 2.04. The number of carbonyl (C=O) groups is 1. The van der Waals surface area contributed by atoms with Gasteiger partial charge in [-0.2, -0.15) is 0 Å². The van der Waals surface area contributed by atoms with Crippen molar-refractivity contribution >= 4 is 5.91 Å². The van der Waals surface area contributed by atoms with E-state index in [-0.39, 0.29) is 12.0 Å². The maximum Gasteiger partial charge on any atom is 0.236 e. The monoisotopic (exact) mass is 246 g/mol. The number of hydrogen-bond acceptors (Lipinski definition) is 3. The van der Waals surface area contributed by atoms with Crippen LogP contribution in [0.5, 0.6) is 5.75 Å². The Balaban J connectivity index is 1.63. The first kappa shape index (κ1) is 11.5. The van der Waals surface area contributed by atoms with E-state index in [1.54, 1.807) is 0 Å². The lowest BCUT2D eigenvalue weighted by Gasteiger charge is -2.23.